The molecule has 0 aliphatic rings. The second-order valence-corrected chi connectivity index (χ2v) is 13.5. The summed E-state index contributed by atoms with van der Waals surface area (Å²) in [5.41, 5.74) is 0. The molecule has 0 aromatic heterocycles. The largest absolute Gasteiger partial charge is 0.544 e. The maximum atomic E-state index is 12.6. The van der Waals surface area contributed by atoms with Crippen molar-refractivity contribution in [1.82, 2.24) is 0 Å². The Morgan fingerprint density at radius 3 is 1.79 bits per heavy atom. The normalized spacial score (nSPS) is 13.5. The molecule has 0 saturated carbocycles. The zero-order valence-electron chi connectivity index (χ0n) is 30.7. The van der Waals surface area contributed by atoms with Crippen LogP contribution in [0.25, 0.3) is 0 Å². The van der Waals surface area contributed by atoms with Gasteiger partial charge in [0.15, 0.2) is 6.10 Å². The molecule has 0 rings (SSSR count). The topological polar surface area (TPSA) is 102 Å². The summed E-state index contributed by atoms with van der Waals surface area (Å²) in [6.07, 6.45) is 32.0. The van der Waals surface area contributed by atoms with Gasteiger partial charge in [0.1, 0.15) is 12.6 Å². The summed E-state index contributed by atoms with van der Waals surface area (Å²) in [4.78, 5) is 36.4. The first kappa shape index (κ1) is 44.5. The highest BCUT2D eigenvalue weighted by atomic mass is 16.6. The molecule has 272 valence electrons. The number of unbranched alkanes of at least 4 members (excludes halogenated alkanes) is 13. The highest BCUT2D eigenvalue weighted by Gasteiger charge is 2.25. The Balaban J connectivity index is 4.47. The molecule has 0 aromatic rings. The Morgan fingerprint density at radius 2 is 1.17 bits per heavy atom. The number of nitrogens with zero attached hydrogens (tertiary/aromatic N) is 1. The fourth-order valence-electron chi connectivity index (χ4n) is 5.08. The third-order valence-electron chi connectivity index (χ3n) is 8.04. The first-order valence-corrected chi connectivity index (χ1v) is 18.5. The lowest BCUT2D eigenvalue weighted by molar-refractivity contribution is -0.889. The monoisotopic (exact) mass is 664 g/mol. The number of carboxylic acid groups (broad SMARTS) is 1. The minimum absolute atomic E-state index is 0.0184. The van der Waals surface area contributed by atoms with Gasteiger partial charge in [-0.05, 0) is 51.4 Å². The molecule has 8 nitrogen and oxygen atoms in total. The molecule has 0 radical (unpaired) electrons. The summed E-state index contributed by atoms with van der Waals surface area (Å²) in [6.45, 7) is 4.49. The van der Waals surface area contributed by atoms with Crippen molar-refractivity contribution in [3.63, 3.8) is 0 Å². The van der Waals surface area contributed by atoms with Crippen LogP contribution in [-0.2, 0) is 28.6 Å². The van der Waals surface area contributed by atoms with Gasteiger partial charge in [-0.2, -0.15) is 0 Å². The molecule has 0 fully saturated rings. The zero-order valence-corrected chi connectivity index (χ0v) is 30.7. The molecule has 0 aliphatic heterocycles. The molecule has 0 amide bonds. The molecular weight excluding hydrogens is 594 g/mol. The predicted molar refractivity (Wildman–Crippen MR) is 190 cm³/mol. The predicted octanol–water partition coefficient (Wildman–Crippen LogP) is 7.79. The van der Waals surface area contributed by atoms with Crippen molar-refractivity contribution < 1.29 is 38.2 Å². The Morgan fingerprint density at radius 1 is 0.638 bits per heavy atom. The van der Waals surface area contributed by atoms with Crippen molar-refractivity contribution in [3.8, 4) is 0 Å². The van der Waals surface area contributed by atoms with E-state index in [1.807, 2.05) is 6.08 Å². The van der Waals surface area contributed by atoms with Gasteiger partial charge < -0.3 is 28.6 Å². The van der Waals surface area contributed by atoms with E-state index < -0.39 is 18.1 Å². The van der Waals surface area contributed by atoms with Crippen LogP contribution < -0.4 is 5.11 Å². The Labute approximate surface area is 287 Å². The maximum absolute atomic E-state index is 12.6. The first-order valence-electron chi connectivity index (χ1n) is 18.5. The third-order valence-corrected chi connectivity index (χ3v) is 8.04. The molecule has 0 aromatic carbocycles. The van der Waals surface area contributed by atoms with E-state index in [1.165, 1.54) is 57.8 Å². The van der Waals surface area contributed by atoms with E-state index in [4.69, 9.17) is 14.2 Å². The standard InChI is InChI=1S/C39H69NO7/c1-6-8-10-12-14-15-16-17-18-19-20-21-22-24-26-28-30-38(42)47-35(33-45-32-31-36(39(43)44)40(3,4)5)34-46-37(41)29-27-25-23-13-11-9-7-2/h18-21,23,25,35-36H,6-17,22,24,26-34H2,1-5H3/b19-18+,21-20+,25-23+. The lowest BCUT2D eigenvalue weighted by Crippen LogP contribution is -2.55. The van der Waals surface area contributed by atoms with Crippen molar-refractivity contribution in [3.05, 3.63) is 36.5 Å². The van der Waals surface area contributed by atoms with E-state index in [0.29, 0.717) is 6.42 Å². The van der Waals surface area contributed by atoms with Crippen molar-refractivity contribution in [1.29, 1.82) is 0 Å². The van der Waals surface area contributed by atoms with Crippen LogP contribution >= 0.6 is 0 Å². The van der Waals surface area contributed by atoms with Crippen LogP contribution in [0.15, 0.2) is 36.5 Å². The minimum Gasteiger partial charge on any atom is -0.544 e. The molecule has 0 N–H and O–H groups in total. The molecule has 0 heterocycles. The van der Waals surface area contributed by atoms with E-state index in [0.717, 1.165) is 44.9 Å². The van der Waals surface area contributed by atoms with Gasteiger partial charge in [0.25, 0.3) is 0 Å². The van der Waals surface area contributed by atoms with Gasteiger partial charge in [0.2, 0.25) is 0 Å². The van der Waals surface area contributed by atoms with E-state index in [-0.39, 0.29) is 55.5 Å². The van der Waals surface area contributed by atoms with Crippen LogP contribution in [0, 0.1) is 0 Å². The van der Waals surface area contributed by atoms with E-state index in [1.54, 1.807) is 21.1 Å². The van der Waals surface area contributed by atoms with Crippen LogP contribution in [0.2, 0.25) is 0 Å². The van der Waals surface area contributed by atoms with Gasteiger partial charge in [0.05, 0.1) is 40.3 Å². The highest BCUT2D eigenvalue weighted by Crippen LogP contribution is 2.11. The van der Waals surface area contributed by atoms with Crippen molar-refractivity contribution in [2.24, 2.45) is 0 Å². The van der Waals surface area contributed by atoms with Crippen molar-refractivity contribution >= 4 is 17.9 Å². The number of rotatable bonds is 32. The summed E-state index contributed by atoms with van der Waals surface area (Å²) in [6, 6.07) is -0.732. The van der Waals surface area contributed by atoms with Crippen LogP contribution in [0.3, 0.4) is 0 Å². The lowest BCUT2D eigenvalue weighted by atomic mass is 10.1. The number of carbonyl (C=O) groups is 3. The summed E-state index contributed by atoms with van der Waals surface area (Å²) in [7, 11) is 5.37. The van der Waals surface area contributed by atoms with E-state index in [9.17, 15) is 19.5 Å². The minimum atomic E-state index is -1.14. The smallest absolute Gasteiger partial charge is 0.306 e. The number of carboxylic acids is 1. The van der Waals surface area contributed by atoms with Crippen LogP contribution in [-0.4, -0.2) is 75.5 Å². The Hall–Kier alpha value is -2.45. The lowest BCUT2D eigenvalue weighted by Gasteiger charge is -2.34. The average Bonchev–Trinajstić information content (AvgIpc) is 3.01. The Kier molecular flexibility index (Phi) is 29.2. The van der Waals surface area contributed by atoms with Crippen LogP contribution in [0.4, 0.5) is 0 Å². The number of esters is 2. The van der Waals surface area contributed by atoms with Gasteiger partial charge >= 0.3 is 11.9 Å². The van der Waals surface area contributed by atoms with Gasteiger partial charge in [-0.25, -0.2) is 0 Å². The second-order valence-electron chi connectivity index (χ2n) is 13.5. The van der Waals surface area contributed by atoms with Gasteiger partial charge in [-0.3, -0.25) is 9.59 Å². The van der Waals surface area contributed by atoms with Gasteiger partial charge in [-0.15, -0.1) is 0 Å². The SMILES string of the molecule is CCCCC/C=C/CCC(=O)OCC(COCCC(C(=O)[O-])[N+](C)(C)C)OC(=O)CCCCC/C=C/C=C/CCCCCCCCC. The third kappa shape index (κ3) is 29.4. The highest BCUT2D eigenvalue weighted by molar-refractivity contribution is 5.70. The van der Waals surface area contributed by atoms with Gasteiger partial charge in [0, 0.05) is 19.3 Å². The average molecular weight is 664 g/mol. The summed E-state index contributed by atoms with van der Waals surface area (Å²) in [5, 5.41) is 11.5. The number of carbonyl (C=O) groups excluding carboxylic acids is 3. The van der Waals surface area contributed by atoms with Crippen LogP contribution in [0.5, 0.6) is 0 Å². The molecule has 0 bridgehead atoms. The van der Waals surface area contributed by atoms with E-state index in [2.05, 4.69) is 44.2 Å². The number of ether oxygens (including phenoxy) is 3. The molecule has 0 aliphatic carbocycles. The number of hydrogen-bond donors (Lipinski definition) is 0. The second kappa shape index (κ2) is 30.9. The molecule has 8 heteroatoms. The summed E-state index contributed by atoms with van der Waals surface area (Å²) < 4.78 is 16.9. The number of allylic oxidation sites excluding steroid dienone is 6. The van der Waals surface area contributed by atoms with Gasteiger partial charge in [-0.1, -0.05) is 108 Å². The fourth-order valence-corrected chi connectivity index (χ4v) is 5.08. The molecule has 47 heavy (non-hydrogen) atoms. The summed E-state index contributed by atoms with van der Waals surface area (Å²) >= 11 is 0. The number of quaternary nitrogens is 1. The molecule has 0 saturated heterocycles. The molecule has 2 atom stereocenters. The quantitative estimate of drug-likeness (QED) is 0.0238. The van der Waals surface area contributed by atoms with Crippen molar-refractivity contribution in [2.75, 3.05) is 41.0 Å². The summed E-state index contributed by atoms with van der Waals surface area (Å²) in [5.74, 6) is -1.84. The number of hydrogen-bond acceptors (Lipinski definition) is 7. The Bertz CT molecular complexity index is 875. The molecule has 0 spiro atoms. The fraction of sp³-hybridized carbons (Fsp3) is 0.769. The maximum Gasteiger partial charge on any atom is 0.306 e. The van der Waals surface area contributed by atoms with Crippen LogP contribution in [0.1, 0.15) is 142 Å². The number of likely N-dealkylation sites (N-methyl/N-ethyl adjacent to an activating group) is 1. The number of aliphatic carboxylic acids is 1. The first-order chi connectivity index (χ1) is 22.6. The molecule has 2 unspecified atom stereocenters. The van der Waals surface area contributed by atoms with E-state index >= 15 is 0 Å². The van der Waals surface area contributed by atoms with Crippen molar-refractivity contribution in [2.45, 2.75) is 154 Å². The zero-order chi connectivity index (χ0) is 35.0. The molecular formula is C39H69NO7.